The van der Waals surface area contributed by atoms with Gasteiger partial charge in [0, 0.05) is 5.92 Å². The van der Waals surface area contributed by atoms with Crippen molar-refractivity contribution < 1.29 is 14.6 Å². The fraction of sp³-hybridized carbons (Fsp3) is 0.150. The van der Waals surface area contributed by atoms with E-state index in [0.717, 1.165) is 11.1 Å². The lowest BCUT2D eigenvalue weighted by Gasteiger charge is -2.14. The van der Waals surface area contributed by atoms with Gasteiger partial charge in [-0.25, -0.2) is 4.79 Å². The Balaban J connectivity index is 1.46. The number of rotatable bonds is 4. The number of hydrogen-bond acceptors (Lipinski definition) is 5. The molecule has 1 aromatic heterocycles. The van der Waals surface area contributed by atoms with Gasteiger partial charge >= 0.3 is 6.09 Å². The molecule has 1 heterocycles. The summed E-state index contributed by atoms with van der Waals surface area (Å²) in [6.07, 6.45) is -0.585. The number of carbonyl (C=O) groups is 1. The first-order valence-corrected chi connectivity index (χ1v) is 8.31. The predicted molar refractivity (Wildman–Crippen MR) is 96.6 cm³/mol. The van der Waals surface area contributed by atoms with Crippen molar-refractivity contribution in [1.29, 1.82) is 0 Å². The average Bonchev–Trinajstić information content (AvgIpc) is 3.01. The van der Waals surface area contributed by atoms with Crippen LogP contribution in [0.15, 0.2) is 60.7 Å². The third kappa shape index (κ3) is 3.02. The Bertz CT molecular complexity index is 896. The summed E-state index contributed by atoms with van der Waals surface area (Å²) in [5.41, 5.74) is 5.12. The standard InChI is InChI=1S/C20H17N3O3/c24-11-13-9-10-19(23-22-13)21-20(25)26-12-18-16-7-3-1-5-14(16)15-6-2-4-8-17(15)18/h1-10,18,24H,11-12H2,(H,21,23,25). The highest BCUT2D eigenvalue weighted by Crippen LogP contribution is 2.44. The molecule has 4 rings (SSSR count). The van der Waals surface area contributed by atoms with E-state index in [0.29, 0.717) is 5.69 Å². The van der Waals surface area contributed by atoms with Gasteiger partial charge in [-0.15, -0.1) is 5.10 Å². The molecule has 0 atom stereocenters. The molecule has 1 aliphatic rings. The van der Waals surface area contributed by atoms with Crippen LogP contribution < -0.4 is 5.32 Å². The second-order valence-corrected chi connectivity index (χ2v) is 6.02. The quantitative estimate of drug-likeness (QED) is 0.756. The topological polar surface area (TPSA) is 84.3 Å². The Hall–Kier alpha value is -3.25. The molecule has 0 unspecified atom stereocenters. The first-order valence-electron chi connectivity index (χ1n) is 8.31. The Labute approximate surface area is 150 Å². The molecule has 0 radical (unpaired) electrons. The van der Waals surface area contributed by atoms with Crippen LogP contribution in [0.2, 0.25) is 0 Å². The van der Waals surface area contributed by atoms with Gasteiger partial charge in [-0.05, 0) is 34.4 Å². The molecule has 0 fully saturated rings. The van der Waals surface area contributed by atoms with Crippen LogP contribution >= 0.6 is 0 Å². The molecular weight excluding hydrogens is 330 g/mol. The number of anilines is 1. The van der Waals surface area contributed by atoms with Crippen LogP contribution in [0.1, 0.15) is 22.7 Å². The van der Waals surface area contributed by atoms with E-state index in [1.54, 1.807) is 12.1 Å². The molecule has 0 saturated heterocycles. The van der Waals surface area contributed by atoms with Gasteiger partial charge in [0.1, 0.15) is 6.61 Å². The highest BCUT2D eigenvalue weighted by molar-refractivity contribution is 5.83. The largest absolute Gasteiger partial charge is 0.448 e. The molecule has 0 spiro atoms. The molecule has 2 N–H and O–H groups in total. The number of nitrogens with zero attached hydrogens (tertiary/aromatic N) is 2. The lowest BCUT2D eigenvalue weighted by Crippen LogP contribution is -2.18. The first kappa shape index (κ1) is 16.2. The van der Waals surface area contributed by atoms with E-state index in [1.165, 1.54) is 11.1 Å². The molecule has 1 aliphatic carbocycles. The van der Waals surface area contributed by atoms with Gasteiger partial charge in [-0.3, -0.25) is 5.32 Å². The summed E-state index contributed by atoms with van der Waals surface area (Å²) < 4.78 is 5.43. The summed E-state index contributed by atoms with van der Waals surface area (Å²) in [5, 5.41) is 19.1. The number of fused-ring (bicyclic) bond motifs is 3. The summed E-state index contributed by atoms with van der Waals surface area (Å²) in [6, 6.07) is 19.5. The lowest BCUT2D eigenvalue weighted by molar-refractivity contribution is 0.158. The highest BCUT2D eigenvalue weighted by atomic mass is 16.5. The van der Waals surface area contributed by atoms with Gasteiger partial charge in [0.2, 0.25) is 0 Å². The van der Waals surface area contributed by atoms with Crippen molar-refractivity contribution in [2.75, 3.05) is 11.9 Å². The van der Waals surface area contributed by atoms with Crippen molar-refractivity contribution in [1.82, 2.24) is 10.2 Å². The number of amides is 1. The van der Waals surface area contributed by atoms with Gasteiger partial charge in [0.25, 0.3) is 0 Å². The third-order valence-corrected chi connectivity index (χ3v) is 4.46. The molecule has 130 valence electrons. The molecular formula is C20H17N3O3. The van der Waals surface area contributed by atoms with Gasteiger partial charge in [0.05, 0.1) is 12.3 Å². The molecule has 1 amide bonds. The fourth-order valence-electron chi connectivity index (χ4n) is 3.25. The molecule has 6 nitrogen and oxygen atoms in total. The van der Waals surface area contributed by atoms with E-state index in [-0.39, 0.29) is 24.9 Å². The highest BCUT2D eigenvalue weighted by Gasteiger charge is 2.28. The maximum Gasteiger partial charge on any atom is 0.412 e. The molecule has 6 heteroatoms. The predicted octanol–water partition coefficient (Wildman–Crippen LogP) is 3.33. The zero-order chi connectivity index (χ0) is 17.9. The van der Waals surface area contributed by atoms with Crippen molar-refractivity contribution in [2.24, 2.45) is 0 Å². The summed E-state index contributed by atoms with van der Waals surface area (Å²) >= 11 is 0. The summed E-state index contributed by atoms with van der Waals surface area (Å²) in [6.45, 7) is 0.0419. The van der Waals surface area contributed by atoms with E-state index >= 15 is 0 Å². The maximum atomic E-state index is 12.1. The van der Waals surface area contributed by atoms with Crippen LogP contribution in [0.5, 0.6) is 0 Å². The zero-order valence-corrected chi connectivity index (χ0v) is 13.9. The summed E-state index contributed by atoms with van der Waals surface area (Å²) in [4.78, 5) is 12.1. The second kappa shape index (κ2) is 6.93. The Morgan fingerprint density at radius 3 is 2.19 bits per heavy atom. The molecule has 3 aromatic rings. The van der Waals surface area contributed by atoms with Crippen molar-refractivity contribution in [3.8, 4) is 11.1 Å². The molecule has 2 aromatic carbocycles. The van der Waals surface area contributed by atoms with Crippen LogP contribution in [0.4, 0.5) is 10.6 Å². The van der Waals surface area contributed by atoms with E-state index in [1.807, 2.05) is 24.3 Å². The SMILES string of the molecule is O=C(Nc1ccc(CO)nn1)OCC1c2ccccc2-c2ccccc21. The van der Waals surface area contributed by atoms with Crippen LogP contribution in [0.25, 0.3) is 11.1 Å². The van der Waals surface area contributed by atoms with Crippen LogP contribution in [-0.4, -0.2) is 28.0 Å². The second-order valence-electron chi connectivity index (χ2n) is 6.02. The Kier molecular flexibility index (Phi) is 4.33. The number of hydrogen-bond donors (Lipinski definition) is 2. The number of nitrogens with one attached hydrogen (secondary N) is 1. The monoisotopic (exact) mass is 347 g/mol. The minimum absolute atomic E-state index is 0.0102. The average molecular weight is 347 g/mol. The molecule has 0 saturated carbocycles. The smallest absolute Gasteiger partial charge is 0.412 e. The van der Waals surface area contributed by atoms with Gasteiger partial charge in [-0.1, -0.05) is 48.5 Å². The minimum Gasteiger partial charge on any atom is -0.448 e. The number of carbonyl (C=O) groups excluding carboxylic acids is 1. The Morgan fingerprint density at radius 2 is 1.62 bits per heavy atom. The van der Waals surface area contributed by atoms with Crippen molar-refractivity contribution >= 4 is 11.9 Å². The number of ether oxygens (including phenoxy) is 1. The van der Waals surface area contributed by atoms with Gasteiger partial charge in [0.15, 0.2) is 5.82 Å². The van der Waals surface area contributed by atoms with Crippen LogP contribution in [0, 0.1) is 0 Å². The minimum atomic E-state index is -0.585. The Morgan fingerprint density at radius 1 is 0.962 bits per heavy atom. The first-order chi connectivity index (χ1) is 12.8. The van der Waals surface area contributed by atoms with Crippen LogP contribution in [0.3, 0.4) is 0 Å². The van der Waals surface area contributed by atoms with Crippen molar-refractivity contribution in [3.05, 3.63) is 77.5 Å². The fourth-order valence-corrected chi connectivity index (χ4v) is 3.25. The van der Waals surface area contributed by atoms with Gasteiger partial charge < -0.3 is 9.84 Å². The zero-order valence-electron chi connectivity index (χ0n) is 13.9. The number of benzene rings is 2. The number of aliphatic hydroxyl groups is 1. The van der Waals surface area contributed by atoms with E-state index < -0.39 is 6.09 Å². The normalized spacial score (nSPS) is 12.3. The van der Waals surface area contributed by atoms with Crippen LogP contribution in [-0.2, 0) is 11.3 Å². The molecule has 26 heavy (non-hydrogen) atoms. The van der Waals surface area contributed by atoms with E-state index in [2.05, 4.69) is 39.8 Å². The van der Waals surface area contributed by atoms with Gasteiger partial charge in [-0.2, -0.15) is 5.10 Å². The van der Waals surface area contributed by atoms with E-state index in [4.69, 9.17) is 9.84 Å². The van der Waals surface area contributed by atoms with Crippen molar-refractivity contribution in [2.45, 2.75) is 12.5 Å². The maximum absolute atomic E-state index is 12.1. The third-order valence-electron chi connectivity index (χ3n) is 4.46. The lowest BCUT2D eigenvalue weighted by atomic mass is 9.98. The number of aliphatic hydroxyl groups excluding tert-OH is 1. The van der Waals surface area contributed by atoms with Crippen molar-refractivity contribution in [3.63, 3.8) is 0 Å². The molecule has 0 bridgehead atoms. The van der Waals surface area contributed by atoms with E-state index in [9.17, 15) is 4.79 Å². The summed E-state index contributed by atoms with van der Waals surface area (Å²) in [7, 11) is 0. The molecule has 0 aliphatic heterocycles. The number of aromatic nitrogens is 2. The summed E-state index contributed by atoms with van der Waals surface area (Å²) in [5.74, 6) is 0.287.